The van der Waals surface area contributed by atoms with Crippen LogP contribution < -0.4 is 0 Å². The summed E-state index contributed by atoms with van der Waals surface area (Å²) in [5.41, 5.74) is -1.01. The van der Waals surface area contributed by atoms with Crippen LogP contribution in [0.4, 0.5) is 0 Å². The SMILES string of the molecule is COC(=O)C1(C(=O)OC)Cc2cc3c(cc2C1)C1(CC3=O)CC(C(=O)OC)(C(=O)OC)C1. The van der Waals surface area contributed by atoms with Crippen molar-refractivity contribution in [3.63, 3.8) is 0 Å². The maximum absolute atomic E-state index is 12.9. The Hall–Kier alpha value is -3.23. The predicted octanol–water partition coefficient (Wildman–Crippen LogP) is 1.07. The molecule has 9 nitrogen and oxygen atoms in total. The van der Waals surface area contributed by atoms with Crippen molar-refractivity contribution in [2.24, 2.45) is 10.8 Å². The largest absolute Gasteiger partial charge is 0.468 e. The smallest absolute Gasteiger partial charge is 0.323 e. The Kier molecular flexibility index (Phi) is 4.91. The van der Waals surface area contributed by atoms with Crippen molar-refractivity contribution >= 4 is 29.7 Å². The number of methoxy groups -OCH3 is 4. The Labute approximate surface area is 184 Å². The van der Waals surface area contributed by atoms with Gasteiger partial charge in [0.05, 0.1) is 28.4 Å². The lowest BCUT2D eigenvalue weighted by atomic mass is 9.50. The van der Waals surface area contributed by atoms with Crippen molar-refractivity contribution in [1.29, 1.82) is 0 Å². The minimum Gasteiger partial charge on any atom is -0.468 e. The fourth-order valence-corrected chi connectivity index (χ4v) is 5.84. The molecular weight excluding hydrogens is 420 g/mol. The number of ketones is 1. The molecule has 0 bridgehead atoms. The van der Waals surface area contributed by atoms with Crippen LogP contribution in [0.25, 0.3) is 0 Å². The van der Waals surface area contributed by atoms with E-state index in [-0.39, 0.29) is 37.9 Å². The monoisotopic (exact) mass is 444 g/mol. The van der Waals surface area contributed by atoms with E-state index in [9.17, 15) is 24.0 Å². The van der Waals surface area contributed by atoms with Crippen LogP contribution in [0.2, 0.25) is 0 Å². The van der Waals surface area contributed by atoms with Gasteiger partial charge in [-0.2, -0.15) is 0 Å². The van der Waals surface area contributed by atoms with Crippen molar-refractivity contribution in [3.8, 4) is 0 Å². The molecule has 0 N–H and O–H groups in total. The first-order chi connectivity index (χ1) is 15.1. The van der Waals surface area contributed by atoms with Crippen molar-refractivity contribution in [1.82, 2.24) is 0 Å². The van der Waals surface area contributed by atoms with E-state index >= 15 is 0 Å². The maximum Gasteiger partial charge on any atom is 0.323 e. The van der Waals surface area contributed by atoms with Crippen LogP contribution in [-0.2, 0) is 56.4 Å². The summed E-state index contributed by atoms with van der Waals surface area (Å²) in [7, 11) is 4.83. The highest BCUT2D eigenvalue weighted by molar-refractivity contribution is 6.07. The first-order valence-corrected chi connectivity index (χ1v) is 10.2. The van der Waals surface area contributed by atoms with Gasteiger partial charge in [-0.1, -0.05) is 6.07 Å². The summed E-state index contributed by atoms with van der Waals surface area (Å²) in [5.74, 6) is -2.87. The van der Waals surface area contributed by atoms with Gasteiger partial charge in [0, 0.05) is 17.4 Å². The molecule has 0 aromatic heterocycles. The van der Waals surface area contributed by atoms with E-state index in [1.54, 1.807) is 6.07 Å². The summed E-state index contributed by atoms with van der Waals surface area (Å²) in [6, 6.07) is 3.54. The predicted molar refractivity (Wildman–Crippen MR) is 107 cm³/mol. The zero-order valence-corrected chi connectivity index (χ0v) is 18.4. The molecule has 32 heavy (non-hydrogen) atoms. The summed E-state index contributed by atoms with van der Waals surface area (Å²) in [6.45, 7) is 0. The average molecular weight is 444 g/mol. The fourth-order valence-electron chi connectivity index (χ4n) is 5.84. The zero-order valence-electron chi connectivity index (χ0n) is 18.4. The summed E-state index contributed by atoms with van der Waals surface area (Å²) in [6.07, 6.45) is 0.508. The van der Waals surface area contributed by atoms with E-state index in [1.165, 1.54) is 28.4 Å². The first-order valence-electron chi connectivity index (χ1n) is 10.2. The molecular formula is C23H24O9. The van der Waals surface area contributed by atoms with Gasteiger partial charge in [-0.25, -0.2) is 0 Å². The van der Waals surface area contributed by atoms with Crippen molar-refractivity contribution < 1.29 is 42.9 Å². The van der Waals surface area contributed by atoms with Gasteiger partial charge in [-0.3, -0.25) is 24.0 Å². The summed E-state index contributed by atoms with van der Waals surface area (Å²) in [5, 5.41) is 0. The van der Waals surface area contributed by atoms with Gasteiger partial charge in [0.2, 0.25) is 0 Å². The molecule has 0 amide bonds. The second-order valence-corrected chi connectivity index (χ2v) is 8.88. The minimum atomic E-state index is -1.50. The van der Waals surface area contributed by atoms with Gasteiger partial charge in [-0.15, -0.1) is 0 Å². The number of hydrogen-bond acceptors (Lipinski definition) is 9. The van der Waals surface area contributed by atoms with Crippen LogP contribution in [0.1, 0.15) is 46.3 Å². The van der Waals surface area contributed by atoms with E-state index < -0.39 is 40.1 Å². The van der Waals surface area contributed by atoms with Gasteiger partial charge in [0.15, 0.2) is 16.6 Å². The number of fused-ring (bicyclic) bond motifs is 3. The van der Waals surface area contributed by atoms with Crippen LogP contribution in [0.3, 0.4) is 0 Å². The van der Waals surface area contributed by atoms with Crippen LogP contribution in [0.5, 0.6) is 0 Å². The quantitative estimate of drug-likeness (QED) is 0.381. The molecule has 0 radical (unpaired) electrons. The van der Waals surface area contributed by atoms with Crippen molar-refractivity contribution in [2.75, 3.05) is 28.4 Å². The summed E-state index contributed by atoms with van der Waals surface area (Å²) < 4.78 is 19.5. The van der Waals surface area contributed by atoms with Gasteiger partial charge in [0.25, 0.3) is 0 Å². The highest BCUT2D eigenvalue weighted by atomic mass is 16.6. The number of Topliss-reactive ketones (excluding diaryl/α,β-unsaturated/α-hetero) is 1. The van der Waals surface area contributed by atoms with E-state index in [0.717, 1.165) is 11.1 Å². The van der Waals surface area contributed by atoms with E-state index in [4.69, 9.17) is 18.9 Å². The molecule has 1 saturated carbocycles. The Bertz CT molecular complexity index is 1030. The molecule has 3 aliphatic rings. The molecule has 170 valence electrons. The molecule has 3 aliphatic carbocycles. The number of rotatable bonds is 4. The van der Waals surface area contributed by atoms with E-state index in [2.05, 4.69) is 0 Å². The number of benzene rings is 1. The second kappa shape index (κ2) is 7.15. The third kappa shape index (κ3) is 2.66. The number of carbonyl (C=O) groups excluding carboxylic acids is 5. The second-order valence-electron chi connectivity index (χ2n) is 8.88. The molecule has 0 unspecified atom stereocenters. The average Bonchev–Trinajstić information content (AvgIpc) is 3.30. The molecule has 0 aliphatic heterocycles. The fraction of sp³-hybridized carbons (Fsp3) is 0.522. The molecule has 4 rings (SSSR count). The molecule has 0 atom stereocenters. The van der Waals surface area contributed by atoms with Crippen LogP contribution in [0, 0.1) is 10.8 Å². The van der Waals surface area contributed by atoms with Crippen LogP contribution in [0.15, 0.2) is 12.1 Å². The highest BCUT2D eigenvalue weighted by Crippen LogP contribution is 2.62. The van der Waals surface area contributed by atoms with Gasteiger partial charge in [-0.05, 0) is 48.4 Å². The molecule has 0 saturated heterocycles. The molecule has 0 heterocycles. The van der Waals surface area contributed by atoms with Crippen molar-refractivity contribution in [3.05, 3.63) is 34.4 Å². The highest BCUT2D eigenvalue weighted by Gasteiger charge is 2.68. The summed E-state index contributed by atoms with van der Waals surface area (Å²) >= 11 is 0. The third-order valence-electron chi connectivity index (χ3n) is 7.28. The normalized spacial score (nSPS) is 20.6. The van der Waals surface area contributed by atoms with Gasteiger partial charge >= 0.3 is 23.9 Å². The molecule has 1 aromatic carbocycles. The van der Waals surface area contributed by atoms with Crippen LogP contribution >= 0.6 is 0 Å². The van der Waals surface area contributed by atoms with Gasteiger partial charge < -0.3 is 18.9 Å². The van der Waals surface area contributed by atoms with E-state index in [0.29, 0.717) is 11.1 Å². The topological polar surface area (TPSA) is 122 Å². The number of esters is 4. The standard InChI is InChI=1S/C23H24O9/c1-29-17(25)22(18(26)30-2)7-12-5-14-15(6-13(12)8-22)21(9-16(14)24)10-23(11-21,19(27)31-3)20(28)32-4/h5-6H,7-11H2,1-4H3. The number of hydrogen-bond donors (Lipinski definition) is 0. The Balaban J connectivity index is 1.74. The third-order valence-corrected chi connectivity index (χ3v) is 7.28. The van der Waals surface area contributed by atoms with Gasteiger partial charge in [0.1, 0.15) is 0 Å². The first kappa shape index (κ1) is 22.0. The molecule has 9 heteroatoms. The maximum atomic E-state index is 12.9. The van der Waals surface area contributed by atoms with Crippen LogP contribution in [-0.4, -0.2) is 58.1 Å². The zero-order chi connectivity index (χ0) is 23.5. The number of carbonyl (C=O) groups is 5. The van der Waals surface area contributed by atoms with E-state index in [1.807, 2.05) is 6.07 Å². The molecule has 1 fully saturated rings. The van der Waals surface area contributed by atoms with Crippen molar-refractivity contribution in [2.45, 2.75) is 37.5 Å². The number of ether oxygens (including phenoxy) is 4. The Morgan fingerprint density at radius 2 is 1.12 bits per heavy atom. The minimum absolute atomic E-state index is 0.0729. The lowest BCUT2D eigenvalue weighted by molar-refractivity contribution is -0.182. The molecule has 1 spiro atoms. The lowest BCUT2D eigenvalue weighted by Gasteiger charge is -2.50. The Morgan fingerprint density at radius 1 is 0.688 bits per heavy atom. The summed E-state index contributed by atoms with van der Waals surface area (Å²) in [4.78, 5) is 62.8. The molecule has 1 aromatic rings. The lowest BCUT2D eigenvalue weighted by Crippen LogP contribution is -2.58. The Morgan fingerprint density at radius 3 is 1.59 bits per heavy atom.